The fourth-order valence-electron chi connectivity index (χ4n) is 8.66. The number of esters is 3. The Kier molecular flexibility index (Phi) is 48.6. The highest BCUT2D eigenvalue weighted by Crippen LogP contribution is 2.18. The van der Waals surface area contributed by atoms with Crippen LogP contribution in [0.3, 0.4) is 0 Å². The highest BCUT2D eigenvalue weighted by Gasteiger charge is 2.19. The molecule has 0 aromatic rings. The first-order chi connectivity index (χ1) is 30.8. The van der Waals surface area contributed by atoms with Crippen molar-refractivity contribution in [1.82, 2.24) is 0 Å². The number of unbranched alkanes of at least 4 members (excludes halogenated alkanes) is 35. The zero-order valence-electron chi connectivity index (χ0n) is 43.2. The minimum absolute atomic E-state index is 0.0631. The van der Waals surface area contributed by atoms with Crippen molar-refractivity contribution in [3.8, 4) is 0 Å². The molecule has 0 rings (SSSR count). The normalized spacial score (nSPS) is 12.5. The number of hydrogen-bond donors (Lipinski definition) is 0. The van der Waals surface area contributed by atoms with Gasteiger partial charge < -0.3 is 14.2 Å². The molecule has 6 heteroatoms. The first-order valence-corrected chi connectivity index (χ1v) is 28.3. The quantitative estimate of drug-likeness (QED) is 0.0344. The van der Waals surface area contributed by atoms with Gasteiger partial charge in [0.25, 0.3) is 0 Å². The van der Waals surface area contributed by atoms with Gasteiger partial charge in [0.05, 0.1) is 0 Å². The van der Waals surface area contributed by atoms with Crippen molar-refractivity contribution >= 4 is 17.9 Å². The van der Waals surface area contributed by atoms with Crippen molar-refractivity contribution in [3.05, 3.63) is 0 Å². The fourth-order valence-corrected chi connectivity index (χ4v) is 8.66. The van der Waals surface area contributed by atoms with Crippen LogP contribution >= 0.6 is 0 Å². The summed E-state index contributed by atoms with van der Waals surface area (Å²) in [5, 5.41) is 0. The van der Waals surface area contributed by atoms with Crippen LogP contribution in [0.1, 0.15) is 317 Å². The number of carbonyl (C=O) groups is 3. The van der Waals surface area contributed by atoms with Gasteiger partial charge in [0, 0.05) is 19.3 Å². The molecular formula is C57H110O6. The maximum atomic E-state index is 12.8. The molecule has 0 bridgehead atoms. The molecule has 0 fully saturated rings. The topological polar surface area (TPSA) is 78.9 Å². The molecule has 0 radical (unpaired) electrons. The van der Waals surface area contributed by atoms with Crippen molar-refractivity contribution in [2.45, 2.75) is 323 Å². The third-order valence-electron chi connectivity index (χ3n) is 13.3. The minimum atomic E-state index is -0.761. The predicted octanol–water partition coefficient (Wildman–Crippen LogP) is 18.5. The van der Waals surface area contributed by atoms with Gasteiger partial charge in [-0.1, -0.05) is 279 Å². The van der Waals surface area contributed by atoms with E-state index < -0.39 is 6.10 Å². The molecule has 0 aromatic carbocycles. The van der Waals surface area contributed by atoms with Crippen molar-refractivity contribution in [2.24, 2.45) is 11.8 Å². The SMILES string of the molecule is CCCCCCCCCCCCC(=O)O[C@H](COC(=O)CCCCCCCCCCCCCCCCCCCCC(C)C)COC(=O)CCCCCCCCCCCCC(C)CC. The second-order valence-corrected chi connectivity index (χ2v) is 20.3. The van der Waals surface area contributed by atoms with Crippen LogP contribution in [0.25, 0.3) is 0 Å². The maximum absolute atomic E-state index is 12.8. The second kappa shape index (κ2) is 49.8. The summed E-state index contributed by atoms with van der Waals surface area (Å²) in [4.78, 5) is 38.0. The van der Waals surface area contributed by atoms with Crippen molar-refractivity contribution in [2.75, 3.05) is 13.2 Å². The van der Waals surface area contributed by atoms with Gasteiger partial charge in [-0.15, -0.1) is 0 Å². The van der Waals surface area contributed by atoms with Gasteiger partial charge >= 0.3 is 17.9 Å². The first-order valence-electron chi connectivity index (χ1n) is 28.3. The van der Waals surface area contributed by atoms with E-state index >= 15 is 0 Å². The van der Waals surface area contributed by atoms with Crippen LogP contribution in [-0.2, 0) is 28.6 Å². The molecule has 6 nitrogen and oxygen atoms in total. The third-order valence-corrected chi connectivity index (χ3v) is 13.3. The molecule has 0 spiro atoms. The van der Waals surface area contributed by atoms with Gasteiger partial charge in [0.1, 0.15) is 13.2 Å². The third kappa shape index (κ3) is 49.7. The Labute approximate surface area is 393 Å². The lowest BCUT2D eigenvalue weighted by Crippen LogP contribution is -2.30. The highest BCUT2D eigenvalue weighted by molar-refractivity contribution is 5.71. The van der Waals surface area contributed by atoms with Crippen molar-refractivity contribution in [1.29, 1.82) is 0 Å². The van der Waals surface area contributed by atoms with Crippen LogP contribution in [0.2, 0.25) is 0 Å². The van der Waals surface area contributed by atoms with Gasteiger partial charge in [-0.25, -0.2) is 0 Å². The Morgan fingerprint density at radius 1 is 0.333 bits per heavy atom. The average Bonchev–Trinajstić information content (AvgIpc) is 3.27. The lowest BCUT2D eigenvalue weighted by molar-refractivity contribution is -0.167. The van der Waals surface area contributed by atoms with Crippen LogP contribution in [-0.4, -0.2) is 37.2 Å². The van der Waals surface area contributed by atoms with Gasteiger partial charge in [-0.2, -0.15) is 0 Å². The second-order valence-electron chi connectivity index (χ2n) is 20.3. The van der Waals surface area contributed by atoms with E-state index in [0.717, 1.165) is 69.6 Å². The number of hydrogen-bond acceptors (Lipinski definition) is 6. The van der Waals surface area contributed by atoms with Crippen molar-refractivity contribution < 1.29 is 28.6 Å². The molecule has 374 valence electrons. The van der Waals surface area contributed by atoms with Gasteiger partial charge in [-0.3, -0.25) is 14.4 Å². The van der Waals surface area contributed by atoms with E-state index in [-0.39, 0.29) is 31.1 Å². The molecule has 0 aliphatic rings. The standard InChI is InChI=1S/C57H110O6/c1-6-8-9-10-11-12-27-34-39-44-49-57(60)63-54(51-62-56(59)48-43-38-33-29-24-23-26-31-36-41-46-53(5)7-2)50-61-55(58)47-42-37-32-28-22-20-18-16-14-13-15-17-19-21-25-30-35-40-45-52(3)4/h52-54H,6-51H2,1-5H3/t53?,54-/m1/s1. The molecule has 2 atom stereocenters. The summed E-state index contributed by atoms with van der Waals surface area (Å²) in [7, 11) is 0. The lowest BCUT2D eigenvalue weighted by atomic mass is 9.99. The summed E-state index contributed by atoms with van der Waals surface area (Å²) in [6, 6.07) is 0. The Hall–Kier alpha value is -1.59. The summed E-state index contributed by atoms with van der Waals surface area (Å²) in [6.07, 6.45) is 52.3. The molecule has 63 heavy (non-hydrogen) atoms. The van der Waals surface area contributed by atoms with Gasteiger partial charge in [-0.05, 0) is 31.1 Å². The highest BCUT2D eigenvalue weighted by atomic mass is 16.6. The number of carbonyl (C=O) groups excluding carboxylic acids is 3. The summed E-state index contributed by atoms with van der Waals surface area (Å²) in [6.45, 7) is 11.4. The maximum Gasteiger partial charge on any atom is 0.306 e. The smallest absolute Gasteiger partial charge is 0.306 e. The van der Waals surface area contributed by atoms with Gasteiger partial charge in [0.15, 0.2) is 6.10 Å². The van der Waals surface area contributed by atoms with Crippen molar-refractivity contribution in [3.63, 3.8) is 0 Å². The molecule has 0 aromatic heterocycles. The van der Waals surface area contributed by atoms with Crippen LogP contribution in [0.5, 0.6) is 0 Å². The fraction of sp³-hybridized carbons (Fsp3) is 0.947. The Morgan fingerprint density at radius 3 is 0.905 bits per heavy atom. The molecule has 0 aliphatic carbocycles. The van der Waals surface area contributed by atoms with E-state index in [2.05, 4.69) is 34.6 Å². The molecule has 0 heterocycles. The zero-order chi connectivity index (χ0) is 46.1. The van der Waals surface area contributed by atoms with Crippen LogP contribution in [0.4, 0.5) is 0 Å². The van der Waals surface area contributed by atoms with Gasteiger partial charge in [0.2, 0.25) is 0 Å². The van der Waals surface area contributed by atoms with E-state index in [9.17, 15) is 14.4 Å². The molecular weight excluding hydrogens is 781 g/mol. The Bertz CT molecular complexity index is 964. The Morgan fingerprint density at radius 2 is 0.603 bits per heavy atom. The van der Waals surface area contributed by atoms with Crippen LogP contribution in [0.15, 0.2) is 0 Å². The average molecular weight is 892 g/mol. The van der Waals surface area contributed by atoms with E-state index in [1.165, 1.54) is 205 Å². The molecule has 0 saturated carbocycles. The molecule has 0 aliphatic heterocycles. The van der Waals surface area contributed by atoms with Crippen LogP contribution in [0, 0.1) is 11.8 Å². The number of ether oxygens (including phenoxy) is 3. The summed E-state index contributed by atoms with van der Waals surface area (Å²) in [5.41, 5.74) is 0. The molecule has 0 N–H and O–H groups in total. The zero-order valence-corrected chi connectivity index (χ0v) is 43.2. The largest absolute Gasteiger partial charge is 0.462 e. The lowest BCUT2D eigenvalue weighted by Gasteiger charge is -2.18. The van der Waals surface area contributed by atoms with Crippen LogP contribution < -0.4 is 0 Å². The molecule has 1 unspecified atom stereocenters. The minimum Gasteiger partial charge on any atom is -0.462 e. The summed E-state index contributed by atoms with van der Waals surface area (Å²) >= 11 is 0. The number of rotatable bonds is 51. The summed E-state index contributed by atoms with van der Waals surface area (Å²) in [5.74, 6) is 0.885. The monoisotopic (exact) mass is 891 g/mol. The summed E-state index contributed by atoms with van der Waals surface area (Å²) < 4.78 is 16.8. The predicted molar refractivity (Wildman–Crippen MR) is 270 cm³/mol. The Balaban J connectivity index is 4.19. The van der Waals surface area contributed by atoms with E-state index in [1.807, 2.05) is 0 Å². The first kappa shape index (κ1) is 61.4. The van der Waals surface area contributed by atoms with E-state index in [0.29, 0.717) is 19.3 Å². The van der Waals surface area contributed by atoms with E-state index in [4.69, 9.17) is 14.2 Å². The molecule has 0 saturated heterocycles. The molecule has 0 amide bonds. The van der Waals surface area contributed by atoms with E-state index in [1.54, 1.807) is 0 Å².